The van der Waals surface area contributed by atoms with Gasteiger partial charge in [-0.25, -0.2) is 14.6 Å². The Morgan fingerprint density at radius 2 is 2.17 bits per heavy atom. The zero-order valence-corrected chi connectivity index (χ0v) is 10.2. The van der Waals surface area contributed by atoms with Crippen molar-refractivity contribution in [3.63, 3.8) is 0 Å². The highest BCUT2D eigenvalue weighted by Gasteiger charge is 2.09. The van der Waals surface area contributed by atoms with Crippen LogP contribution in [0.3, 0.4) is 0 Å². The molecule has 7 heteroatoms. The summed E-state index contributed by atoms with van der Waals surface area (Å²) in [5, 5.41) is 4.13. The lowest BCUT2D eigenvalue weighted by Crippen LogP contribution is -2.21. The summed E-state index contributed by atoms with van der Waals surface area (Å²) < 4.78 is 1.52. The summed E-state index contributed by atoms with van der Waals surface area (Å²) in [5.41, 5.74) is 5.96. The number of rotatable bonds is 3. The van der Waals surface area contributed by atoms with Crippen molar-refractivity contribution in [1.82, 2.24) is 24.6 Å². The van der Waals surface area contributed by atoms with E-state index in [1.54, 1.807) is 26.2 Å². The Bertz CT molecular complexity index is 545. The van der Waals surface area contributed by atoms with Crippen molar-refractivity contribution >= 4 is 5.91 Å². The number of nitrogens with zero attached hydrogens (tertiary/aromatic N) is 5. The first-order valence-electron chi connectivity index (χ1n) is 5.40. The van der Waals surface area contributed by atoms with E-state index in [1.807, 2.05) is 0 Å². The van der Waals surface area contributed by atoms with Crippen LogP contribution in [0.1, 0.15) is 16.2 Å². The van der Waals surface area contributed by atoms with E-state index in [0.717, 1.165) is 0 Å². The van der Waals surface area contributed by atoms with Gasteiger partial charge in [0.1, 0.15) is 6.33 Å². The number of amides is 1. The quantitative estimate of drug-likeness (QED) is 0.811. The number of carbonyl (C=O) groups excluding carboxylic acids is 1. The maximum absolute atomic E-state index is 11.7. The lowest BCUT2D eigenvalue weighted by Gasteiger charge is -2.09. The second-order valence-electron chi connectivity index (χ2n) is 3.91. The van der Waals surface area contributed by atoms with Crippen LogP contribution in [0.15, 0.2) is 24.7 Å². The molecule has 0 radical (unpaired) electrons. The third-order valence-electron chi connectivity index (χ3n) is 2.36. The topological polar surface area (TPSA) is 89.9 Å². The fourth-order valence-electron chi connectivity index (χ4n) is 1.41. The third-order valence-corrected chi connectivity index (χ3v) is 2.36. The largest absolute Gasteiger partial charge is 0.345 e. The summed E-state index contributed by atoms with van der Waals surface area (Å²) in [6, 6.07) is 3.42. The fourth-order valence-corrected chi connectivity index (χ4v) is 1.41. The molecule has 0 aromatic carbocycles. The van der Waals surface area contributed by atoms with Crippen LogP contribution in [0.5, 0.6) is 0 Å². The molecule has 0 spiro atoms. The number of carbonyl (C=O) groups is 1. The van der Waals surface area contributed by atoms with Crippen molar-refractivity contribution in [2.45, 2.75) is 6.54 Å². The molecule has 2 aromatic heterocycles. The first kappa shape index (κ1) is 12.2. The molecular formula is C11H14N6O. The van der Waals surface area contributed by atoms with Gasteiger partial charge in [-0.1, -0.05) is 0 Å². The van der Waals surface area contributed by atoms with E-state index < -0.39 is 0 Å². The van der Waals surface area contributed by atoms with E-state index in [4.69, 9.17) is 5.73 Å². The van der Waals surface area contributed by atoms with Gasteiger partial charge in [0.25, 0.3) is 5.91 Å². The Balaban J connectivity index is 2.24. The van der Waals surface area contributed by atoms with Crippen LogP contribution in [-0.2, 0) is 6.54 Å². The normalized spacial score (nSPS) is 10.4. The molecule has 7 nitrogen and oxygen atoms in total. The number of nitrogens with two attached hydrogens (primary N) is 1. The Morgan fingerprint density at radius 3 is 2.67 bits per heavy atom. The molecular weight excluding hydrogens is 232 g/mol. The standard InChI is InChI=1S/C11H14N6O/c1-16(2)11(18)8-3-4-10(13-6-8)17-7-14-9(5-12)15-17/h3-4,6-7H,5,12H2,1-2H3. The van der Waals surface area contributed by atoms with Gasteiger partial charge >= 0.3 is 0 Å². The van der Waals surface area contributed by atoms with Gasteiger partial charge in [0.15, 0.2) is 11.6 Å². The van der Waals surface area contributed by atoms with Gasteiger partial charge in [0.05, 0.1) is 12.1 Å². The molecule has 2 aromatic rings. The van der Waals surface area contributed by atoms with Gasteiger partial charge in [0.2, 0.25) is 0 Å². The van der Waals surface area contributed by atoms with E-state index in [9.17, 15) is 4.79 Å². The van der Waals surface area contributed by atoms with E-state index in [2.05, 4.69) is 15.1 Å². The molecule has 0 bridgehead atoms. The molecule has 1 amide bonds. The van der Waals surface area contributed by atoms with E-state index in [0.29, 0.717) is 17.2 Å². The van der Waals surface area contributed by atoms with Gasteiger partial charge in [0, 0.05) is 20.3 Å². The van der Waals surface area contributed by atoms with Crippen LogP contribution < -0.4 is 5.73 Å². The summed E-state index contributed by atoms with van der Waals surface area (Å²) in [5.74, 6) is 1.05. The summed E-state index contributed by atoms with van der Waals surface area (Å²) in [4.78, 5) is 21.4. The minimum absolute atomic E-state index is 0.0877. The summed E-state index contributed by atoms with van der Waals surface area (Å²) >= 11 is 0. The van der Waals surface area contributed by atoms with Gasteiger partial charge in [-0.05, 0) is 12.1 Å². The van der Waals surface area contributed by atoms with Crippen LogP contribution >= 0.6 is 0 Å². The average Bonchev–Trinajstić information content (AvgIpc) is 2.86. The third kappa shape index (κ3) is 2.35. The van der Waals surface area contributed by atoms with E-state index in [-0.39, 0.29) is 12.5 Å². The van der Waals surface area contributed by atoms with Crippen LogP contribution in [0.25, 0.3) is 5.82 Å². The Kier molecular flexibility index (Phi) is 3.33. The second-order valence-corrected chi connectivity index (χ2v) is 3.91. The number of hydrogen-bond donors (Lipinski definition) is 1. The molecule has 94 valence electrons. The smallest absolute Gasteiger partial charge is 0.254 e. The SMILES string of the molecule is CN(C)C(=O)c1ccc(-n2cnc(CN)n2)nc1. The molecule has 2 rings (SSSR count). The number of aromatic nitrogens is 4. The van der Waals surface area contributed by atoms with Gasteiger partial charge in [-0.15, -0.1) is 5.10 Å². The van der Waals surface area contributed by atoms with Crippen molar-refractivity contribution in [3.05, 3.63) is 36.0 Å². The lowest BCUT2D eigenvalue weighted by molar-refractivity contribution is 0.0827. The summed E-state index contributed by atoms with van der Waals surface area (Å²) in [6.45, 7) is 0.282. The molecule has 0 fully saturated rings. The highest BCUT2D eigenvalue weighted by Crippen LogP contribution is 2.06. The van der Waals surface area contributed by atoms with Crippen molar-refractivity contribution in [3.8, 4) is 5.82 Å². The summed E-state index contributed by atoms with van der Waals surface area (Å²) in [6.07, 6.45) is 3.05. The molecule has 0 atom stereocenters. The molecule has 0 aliphatic heterocycles. The monoisotopic (exact) mass is 246 g/mol. The minimum Gasteiger partial charge on any atom is -0.345 e. The van der Waals surface area contributed by atoms with E-state index >= 15 is 0 Å². The highest BCUT2D eigenvalue weighted by atomic mass is 16.2. The molecule has 18 heavy (non-hydrogen) atoms. The molecule has 0 saturated carbocycles. The average molecular weight is 246 g/mol. The highest BCUT2D eigenvalue weighted by molar-refractivity contribution is 5.93. The fraction of sp³-hybridized carbons (Fsp3) is 0.273. The molecule has 0 aliphatic rings. The van der Waals surface area contributed by atoms with Crippen molar-refractivity contribution in [1.29, 1.82) is 0 Å². The Morgan fingerprint density at radius 1 is 1.39 bits per heavy atom. The molecule has 0 saturated heterocycles. The van der Waals surface area contributed by atoms with Gasteiger partial charge in [-0.3, -0.25) is 4.79 Å². The van der Waals surface area contributed by atoms with Gasteiger partial charge < -0.3 is 10.6 Å². The number of pyridine rings is 1. The maximum Gasteiger partial charge on any atom is 0.254 e. The van der Waals surface area contributed by atoms with Crippen molar-refractivity contribution in [2.75, 3.05) is 14.1 Å². The predicted molar refractivity (Wildman–Crippen MR) is 65.1 cm³/mol. The first-order chi connectivity index (χ1) is 8.61. The zero-order valence-electron chi connectivity index (χ0n) is 10.2. The van der Waals surface area contributed by atoms with Crippen LogP contribution in [0.2, 0.25) is 0 Å². The Hall–Kier alpha value is -2.28. The van der Waals surface area contributed by atoms with Crippen LogP contribution in [-0.4, -0.2) is 44.7 Å². The van der Waals surface area contributed by atoms with E-state index in [1.165, 1.54) is 22.1 Å². The molecule has 0 aliphatic carbocycles. The van der Waals surface area contributed by atoms with Crippen molar-refractivity contribution in [2.24, 2.45) is 5.73 Å². The van der Waals surface area contributed by atoms with Crippen LogP contribution in [0.4, 0.5) is 0 Å². The minimum atomic E-state index is -0.0877. The molecule has 2 N–H and O–H groups in total. The molecule has 0 unspecified atom stereocenters. The van der Waals surface area contributed by atoms with Crippen molar-refractivity contribution < 1.29 is 4.79 Å². The lowest BCUT2D eigenvalue weighted by atomic mass is 10.2. The predicted octanol–water partition coefficient (Wildman–Crippen LogP) is -0.177. The summed E-state index contributed by atoms with van der Waals surface area (Å²) in [7, 11) is 3.39. The first-order valence-corrected chi connectivity index (χ1v) is 5.40. The van der Waals surface area contributed by atoms with Crippen LogP contribution in [0, 0.1) is 0 Å². The zero-order chi connectivity index (χ0) is 13.1. The van der Waals surface area contributed by atoms with Gasteiger partial charge in [-0.2, -0.15) is 0 Å². The Labute approximate surface area is 104 Å². The molecule has 2 heterocycles. The maximum atomic E-state index is 11.7. The number of hydrogen-bond acceptors (Lipinski definition) is 5. The second kappa shape index (κ2) is 4.92.